The minimum absolute atomic E-state index is 0.0339. The quantitative estimate of drug-likeness (QED) is 0.773. The second kappa shape index (κ2) is 6.58. The van der Waals surface area contributed by atoms with Gasteiger partial charge >= 0.3 is 0 Å². The maximum atomic E-state index is 11.4. The van der Waals surface area contributed by atoms with Crippen LogP contribution in [0.2, 0.25) is 0 Å². The zero-order valence-electron chi connectivity index (χ0n) is 9.03. The standard InChI is InChI=1S/C11H18N2OS/c1-2-4-10(12)11(14)13-7-6-9-5-3-8-15-9/h3,5,8,10H,2,4,6-7,12H2,1H3,(H,13,14)/t10-/m0/s1. The van der Waals surface area contributed by atoms with Gasteiger partial charge in [0.2, 0.25) is 5.91 Å². The third-order valence-electron chi connectivity index (χ3n) is 2.19. The fourth-order valence-electron chi connectivity index (χ4n) is 1.34. The Labute approximate surface area is 94.7 Å². The number of thiophene rings is 1. The van der Waals surface area contributed by atoms with E-state index in [1.165, 1.54) is 4.88 Å². The number of carbonyl (C=O) groups excluding carboxylic acids is 1. The number of nitrogens with one attached hydrogen (secondary N) is 1. The predicted octanol–water partition coefficient (Wildman–Crippen LogP) is 1.53. The van der Waals surface area contributed by atoms with Crippen molar-refractivity contribution in [2.24, 2.45) is 5.73 Å². The molecule has 0 aliphatic carbocycles. The molecule has 0 radical (unpaired) electrons. The van der Waals surface area contributed by atoms with E-state index in [0.717, 1.165) is 19.3 Å². The molecule has 0 bridgehead atoms. The Hall–Kier alpha value is -0.870. The van der Waals surface area contributed by atoms with Gasteiger partial charge in [0.15, 0.2) is 0 Å². The second-order valence-corrected chi connectivity index (χ2v) is 4.55. The number of nitrogens with two attached hydrogens (primary N) is 1. The molecule has 0 aromatic carbocycles. The van der Waals surface area contributed by atoms with Crippen molar-refractivity contribution in [3.05, 3.63) is 22.4 Å². The largest absolute Gasteiger partial charge is 0.354 e. The second-order valence-electron chi connectivity index (χ2n) is 3.52. The molecule has 3 N–H and O–H groups in total. The summed E-state index contributed by atoms with van der Waals surface area (Å²) in [6.45, 7) is 2.70. The van der Waals surface area contributed by atoms with Gasteiger partial charge < -0.3 is 11.1 Å². The predicted molar refractivity (Wildman–Crippen MR) is 63.9 cm³/mol. The summed E-state index contributed by atoms with van der Waals surface area (Å²) in [5.74, 6) is -0.0339. The molecule has 0 fully saturated rings. The first-order valence-electron chi connectivity index (χ1n) is 5.29. The molecule has 1 aromatic heterocycles. The Morgan fingerprint density at radius 3 is 3.07 bits per heavy atom. The van der Waals surface area contributed by atoms with Crippen molar-refractivity contribution in [1.29, 1.82) is 0 Å². The summed E-state index contributed by atoms with van der Waals surface area (Å²) in [5, 5.41) is 4.89. The van der Waals surface area contributed by atoms with Crippen molar-refractivity contribution < 1.29 is 4.79 Å². The van der Waals surface area contributed by atoms with Crippen LogP contribution in [0.25, 0.3) is 0 Å². The summed E-state index contributed by atoms with van der Waals surface area (Å²) >= 11 is 1.71. The van der Waals surface area contributed by atoms with Gasteiger partial charge in [-0.05, 0) is 24.3 Å². The van der Waals surface area contributed by atoms with Crippen LogP contribution in [0.4, 0.5) is 0 Å². The van der Waals surface area contributed by atoms with Crippen LogP contribution in [-0.2, 0) is 11.2 Å². The Morgan fingerprint density at radius 2 is 2.47 bits per heavy atom. The summed E-state index contributed by atoms with van der Waals surface area (Å²) in [7, 11) is 0. The Kier molecular flexibility index (Phi) is 5.36. The molecule has 0 spiro atoms. The van der Waals surface area contributed by atoms with Crippen LogP contribution in [0.1, 0.15) is 24.6 Å². The Morgan fingerprint density at radius 1 is 1.67 bits per heavy atom. The molecule has 0 saturated carbocycles. The first-order chi connectivity index (χ1) is 7.24. The number of hydrogen-bond acceptors (Lipinski definition) is 3. The van der Waals surface area contributed by atoms with Gasteiger partial charge in [0, 0.05) is 11.4 Å². The normalized spacial score (nSPS) is 12.4. The van der Waals surface area contributed by atoms with E-state index in [4.69, 9.17) is 5.73 Å². The Balaban J connectivity index is 2.17. The molecule has 0 aliphatic heterocycles. The van der Waals surface area contributed by atoms with Crippen LogP contribution >= 0.6 is 11.3 Å². The van der Waals surface area contributed by atoms with E-state index in [1.807, 2.05) is 18.4 Å². The minimum atomic E-state index is -0.349. The van der Waals surface area contributed by atoms with Gasteiger partial charge in [-0.2, -0.15) is 0 Å². The van der Waals surface area contributed by atoms with Crippen molar-refractivity contribution in [2.45, 2.75) is 32.2 Å². The van der Waals surface area contributed by atoms with Gasteiger partial charge in [-0.1, -0.05) is 19.4 Å². The molecule has 1 amide bonds. The van der Waals surface area contributed by atoms with Crippen molar-refractivity contribution in [2.75, 3.05) is 6.54 Å². The topological polar surface area (TPSA) is 55.1 Å². The van der Waals surface area contributed by atoms with Gasteiger partial charge in [0.1, 0.15) is 0 Å². The fraction of sp³-hybridized carbons (Fsp3) is 0.545. The summed E-state index contributed by atoms with van der Waals surface area (Å²) in [6, 6.07) is 3.74. The Bertz CT molecular complexity index is 285. The molecule has 3 nitrogen and oxygen atoms in total. The lowest BCUT2D eigenvalue weighted by Gasteiger charge is -2.10. The molecule has 84 valence electrons. The van der Waals surface area contributed by atoms with Gasteiger partial charge in [-0.15, -0.1) is 11.3 Å². The molecule has 1 aromatic rings. The van der Waals surface area contributed by atoms with Crippen LogP contribution < -0.4 is 11.1 Å². The first kappa shape index (κ1) is 12.2. The number of rotatable bonds is 6. The summed E-state index contributed by atoms with van der Waals surface area (Å²) in [5.41, 5.74) is 5.68. The molecule has 1 atom stereocenters. The lowest BCUT2D eigenvalue weighted by Crippen LogP contribution is -2.41. The SMILES string of the molecule is CCC[C@H](N)C(=O)NCCc1cccs1. The van der Waals surface area contributed by atoms with E-state index in [9.17, 15) is 4.79 Å². The number of carbonyl (C=O) groups is 1. The molecular formula is C11H18N2OS. The van der Waals surface area contributed by atoms with Crippen molar-refractivity contribution in [3.63, 3.8) is 0 Å². The molecule has 1 heterocycles. The van der Waals surface area contributed by atoms with Gasteiger partial charge in [-0.25, -0.2) is 0 Å². The average molecular weight is 226 g/mol. The van der Waals surface area contributed by atoms with Crippen LogP contribution in [0, 0.1) is 0 Å². The van der Waals surface area contributed by atoms with Gasteiger partial charge in [0.25, 0.3) is 0 Å². The lowest BCUT2D eigenvalue weighted by atomic mass is 10.1. The molecule has 0 aliphatic rings. The lowest BCUT2D eigenvalue weighted by molar-refractivity contribution is -0.122. The van der Waals surface area contributed by atoms with E-state index in [-0.39, 0.29) is 11.9 Å². The molecule has 1 rings (SSSR count). The molecule has 0 unspecified atom stereocenters. The first-order valence-corrected chi connectivity index (χ1v) is 6.17. The zero-order chi connectivity index (χ0) is 11.1. The van der Waals surface area contributed by atoms with E-state index in [2.05, 4.69) is 11.4 Å². The smallest absolute Gasteiger partial charge is 0.236 e. The summed E-state index contributed by atoms with van der Waals surface area (Å²) in [4.78, 5) is 12.7. The van der Waals surface area contributed by atoms with Crippen LogP contribution in [0.5, 0.6) is 0 Å². The maximum Gasteiger partial charge on any atom is 0.236 e. The van der Waals surface area contributed by atoms with Crippen molar-refractivity contribution in [3.8, 4) is 0 Å². The molecule has 0 saturated heterocycles. The monoisotopic (exact) mass is 226 g/mol. The van der Waals surface area contributed by atoms with Crippen molar-refractivity contribution >= 4 is 17.2 Å². The fourth-order valence-corrected chi connectivity index (χ4v) is 2.05. The van der Waals surface area contributed by atoms with E-state index < -0.39 is 0 Å². The van der Waals surface area contributed by atoms with Gasteiger partial charge in [0.05, 0.1) is 6.04 Å². The highest BCUT2D eigenvalue weighted by molar-refractivity contribution is 7.09. The number of amides is 1. The van der Waals surface area contributed by atoms with E-state index >= 15 is 0 Å². The van der Waals surface area contributed by atoms with Crippen LogP contribution in [0.15, 0.2) is 17.5 Å². The third-order valence-corrected chi connectivity index (χ3v) is 3.12. The highest BCUT2D eigenvalue weighted by Crippen LogP contribution is 2.08. The van der Waals surface area contributed by atoms with Crippen LogP contribution in [0.3, 0.4) is 0 Å². The molecule has 15 heavy (non-hydrogen) atoms. The van der Waals surface area contributed by atoms with E-state index in [1.54, 1.807) is 11.3 Å². The molecular weight excluding hydrogens is 208 g/mol. The summed E-state index contributed by atoms with van der Waals surface area (Å²) in [6.07, 6.45) is 2.59. The van der Waals surface area contributed by atoms with E-state index in [0.29, 0.717) is 6.54 Å². The van der Waals surface area contributed by atoms with Crippen molar-refractivity contribution in [1.82, 2.24) is 5.32 Å². The third kappa shape index (κ3) is 4.44. The highest BCUT2D eigenvalue weighted by atomic mass is 32.1. The highest BCUT2D eigenvalue weighted by Gasteiger charge is 2.10. The van der Waals surface area contributed by atoms with Crippen LogP contribution in [-0.4, -0.2) is 18.5 Å². The minimum Gasteiger partial charge on any atom is -0.354 e. The summed E-state index contributed by atoms with van der Waals surface area (Å²) < 4.78 is 0. The maximum absolute atomic E-state index is 11.4. The number of hydrogen-bond donors (Lipinski definition) is 2. The zero-order valence-corrected chi connectivity index (χ0v) is 9.85. The van der Waals surface area contributed by atoms with Gasteiger partial charge in [-0.3, -0.25) is 4.79 Å². The molecule has 4 heteroatoms. The average Bonchev–Trinajstić information content (AvgIpc) is 2.71.